The van der Waals surface area contributed by atoms with Gasteiger partial charge in [0.15, 0.2) is 0 Å². The van der Waals surface area contributed by atoms with Gasteiger partial charge in [-0.05, 0) is 55.3 Å². The molecule has 0 unspecified atom stereocenters. The van der Waals surface area contributed by atoms with Crippen LogP contribution in [-0.2, 0) is 0 Å². The molecule has 0 spiro atoms. The maximum Gasteiger partial charge on any atom is 0.259 e. The molecular weight excluding hydrogens is 406 g/mol. The number of hydrogen-bond acceptors (Lipinski definition) is 3. The number of carbonyl (C=O) groups is 1. The SMILES string of the molecule is CCCCCCOc1ccc(Br)cc1C(=O)Nc1ccc(OCCC)cc1. The van der Waals surface area contributed by atoms with Crippen molar-refractivity contribution in [3.63, 3.8) is 0 Å². The van der Waals surface area contributed by atoms with Gasteiger partial charge >= 0.3 is 0 Å². The van der Waals surface area contributed by atoms with Crippen molar-refractivity contribution in [1.82, 2.24) is 0 Å². The molecule has 0 saturated heterocycles. The molecule has 1 N–H and O–H groups in total. The Kier molecular flexibility index (Phi) is 9.19. The summed E-state index contributed by atoms with van der Waals surface area (Å²) in [5, 5.41) is 2.92. The van der Waals surface area contributed by atoms with E-state index in [2.05, 4.69) is 35.1 Å². The lowest BCUT2D eigenvalue weighted by Crippen LogP contribution is -2.14. The largest absolute Gasteiger partial charge is 0.494 e. The highest BCUT2D eigenvalue weighted by Gasteiger charge is 2.14. The van der Waals surface area contributed by atoms with Crippen LogP contribution < -0.4 is 14.8 Å². The van der Waals surface area contributed by atoms with Crippen molar-refractivity contribution in [2.24, 2.45) is 0 Å². The second-order valence-corrected chi connectivity index (χ2v) is 7.29. The fraction of sp³-hybridized carbons (Fsp3) is 0.409. The molecule has 0 aromatic heterocycles. The van der Waals surface area contributed by atoms with E-state index in [1.54, 1.807) is 6.07 Å². The fourth-order valence-electron chi connectivity index (χ4n) is 2.57. The summed E-state index contributed by atoms with van der Waals surface area (Å²) in [6, 6.07) is 12.9. The Labute approximate surface area is 170 Å². The number of ether oxygens (including phenoxy) is 2. The number of amides is 1. The predicted octanol–water partition coefficient (Wildman–Crippen LogP) is 6.45. The van der Waals surface area contributed by atoms with Crippen molar-refractivity contribution >= 4 is 27.5 Å². The zero-order valence-electron chi connectivity index (χ0n) is 16.1. The average Bonchev–Trinajstić information content (AvgIpc) is 2.68. The van der Waals surface area contributed by atoms with Crippen molar-refractivity contribution < 1.29 is 14.3 Å². The minimum atomic E-state index is -0.193. The van der Waals surface area contributed by atoms with Crippen LogP contribution in [0.1, 0.15) is 56.3 Å². The Morgan fingerprint density at radius 2 is 1.70 bits per heavy atom. The van der Waals surface area contributed by atoms with Gasteiger partial charge in [-0.3, -0.25) is 4.79 Å². The zero-order valence-corrected chi connectivity index (χ0v) is 17.7. The minimum Gasteiger partial charge on any atom is -0.494 e. The summed E-state index contributed by atoms with van der Waals surface area (Å²) in [4.78, 5) is 12.7. The second kappa shape index (κ2) is 11.7. The lowest BCUT2D eigenvalue weighted by atomic mass is 10.1. The van der Waals surface area contributed by atoms with Gasteiger partial charge in [0.25, 0.3) is 5.91 Å². The summed E-state index contributed by atoms with van der Waals surface area (Å²) in [5.74, 6) is 1.21. The zero-order chi connectivity index (χ0) is 19.5. The van der Waals surface area contributed by atoms with Crippen LogP contribution in [0, 0.1) is 0 Å². The van der Waals surface area contributed by atoms with Gasteiger partial charge in [-0.25, -0.2) is 0 Å². The molecule has 0 fully saturated rings. The molecule has 0 aliphatic carbocycles. The van der Waals surface area contributed by atoms with Gasteiger partial charge in [0.1, 0.15) is 11.5 Å². The van der Waals surface area contributed by atoms with Crippen molar-refractivity contribution in [3.05, 3.63) is 52.5 Å². The van der Waals surface area contributed by atoms with Crippen LogP contribution in [0.25, 0.3) is 0 Å². The highest BCUT2D eigenvalue weighted by atomic mass is 79.9. The van der Waals surface area contributed by atoms with E-state index >= 15 is 0 Å². The lowest BCUT2D eigenvalue weighted by Gasteiger charge is -2.13. The molecule has 0 saturated carbocycles. The molecule has 0 heterocycles. The van der Waals surface area contributed by atoms with Crippen LogP contribution in [-0.4, -0.2) is 19.1 Å². The van der Waals surface area contributed by atoms with Crippen molar-refractivity contribution in [3.8, 4) is 11.5 Å². The molecule has 0 atom stereocenters. The fourth-order valence-corrected chi connectivity index (χ4v) is 2.93. The molecule has 0 bridgehead atoms. The number of hydrogen-bond donors (Lipinski definition) is 1. The van der Waals surface area contributed by atoms with Crippen LogP contribution in [0.15, 0.2) is 46.9 Å². The second-order valence-electron chi connectivity index (χ2n) is 6.38. The highest BCUT2D eigenvalue weighted by Crippen LogP contribution is 2.25. The summed E-state index contributed by atoms with van der Waals surface area (Å²) in [6.45, 7) is 5.55. The minimum absolute atomic E-state index is 0.193. The number of halogens is 1. The Morgan fingerprint density at radius 3 is 2.41 bits per heavy atom. The van der Waals surface area contributed by atoms with Gasteiger partial charge in [-0.15, -0.1) is 0 Å². The van der Waals surface area contributed by atoms with Crippen LogP contribution in [0.5, 0.6) is 11.5 Å². The van der Waals surface area contributed by atoms with E-state index in [1.807, 2.05) is 36.4 Å². The summed E-state index contributed by atoms with van der Waals surface area (Å²) in [7, 11) is 0. The van der Waals surface area contributed by atoms with Crippen LogP contribution >= 0.6 is 15.9 Å². The number of unbranched alkanes of at least 4 members (excludes halogenated alkanes) is 3. The molecule has 1 amide bonds. The molecule has 2 aromatic carbocycles. The number of nitrogens with one attached hydrogen (secondary N) is 1. The van der Waals surface area contributed by atoms with Gasteiger partial charge in [0.05, 0.1) is 18.8 Å². The first-order valence-corrected chi connectivity index (χ1v) is 10.4. The third-order valence-corrected chi connectivity index (χ3v) is 4.52. The van der Waals surface area contributed by atoms with Crippen LogP contribution in [0.4, 0.5) is 5.69 Å². The van der Waals surface area contributed by atoms with Crippen LogP contribution in [0.2, 0.25) is 0 Å². The summed E-state index contributed by atoms with van der Waals surface area (Å²) in [5.41, 5.74) is 1.24. The smallest absolute Gasteiger partial charge is 0.259 e. The first-order valence-electron chi connectivity index (χ1n) is 9.60. The monoisotopic (exact) mass is 433 g/mol. The van der Waals surface area contributed by atoms with Gasteiger partial charge in [-0.2, -0.15) is 0 Å². The lowest BCUT2D eigenvalue weighted by molar-refractivity contribution is 0.102. The van der Waals surface area contributed by atoms with E-state index < -0.39 is 0 Å². The molecule has 0 aliphatic heterocycles. The molecular formula is C22H28BrNO3. The first-order chi connectivity index (χ1) is 13.1. The van der Waals surface area contributed by atoms with E-state index in [-0.39, 0.29) is 5.91 Å². The quantitative estimate of drug-likeness (QED) is 0.414. The Morgan fingerprint density at radius 1 is 0.926 bits per heavy atom. The van der Waals surface area contributed by atoms with Crippen LogP contribution in [0.3, 0.4) is 0 Å². The predicted molar refractivity (Wildman–Crippen MR) is 114 cm³/mol. The summed E-state index contributed by atoms with van der Waals surface area (Å²) < 4.78 is 12.3. The van der Waals surface area contributed by atoms with Gasteiger partial charge in [0.2, 0.25) is 0 Å². The molecule has 146 valence electrons. The summed E-state index contributed by atoms with van der Waals surface area (Å²) >= 11 is 3.43. The number of benzene rings is 2. The molecule has 2 aromatic rings. The molecule has 5 heteroatoms. The number of carbonyl (C=O) groups excluding carboxylic acids is 1. The third-order valence-electron chi connectivity index (χ3n) is 4.03. The van der Waals surface area contributed by atoms with Crippen molar-refractivity contribution in [2.45, 2.75) is 46.0 Å². The van der Waals surface area contributed by atoms with Gasteiger partial charge < -0.3 is 14.8 Å². The molecule has 0 radical (unpaired) electrons. The van der Waals surface area contributed by atoms with E-state index in [0.717, 1.165) is 35.2 Å². The normalized spacial score (nSPS) is 10.5. The standard InChI is InChI=1S/C22H28BrNO3/c1-3-5-6-7-15-27-21-13-8-17(23)16-20(21)22(25)24-18-9-11-19(12-10-18)26-14-4-2/h8-13,16H,3-7,14-15H2,1-2H3,(H,24,25). The Bertz CT molecular complexity index is 716. The Hall–Kier alpha value is -2.01. The van der Waals surface area contributed by atoms with Gasteiger partial charge in [0, 0.05) is 10.2 Å². The summed E-state index contributed by atoms with van der Waals surface area (Å²) in [6.07, 6.45) is 5.48. The van der Waals surface area contributed by atoms with Gasteiger partial charge in [-0.1, -0.05) is 49.0 Å². The third kappa shape index (κ3) is 7.25. The molecule has 2 rings (SSSR count). The average molecular weight is 434 g/mol. The highest BCUT2D eigenvalue weighted by molar-refractivity contribution is 9.10. The molecule has 27 heavy (non-hydrogen) atoms. The number of rotatable bonds is 11. The number of anilines is 1. The maximum absolute atomic E-state index is 12.7. The van der Waals surface area contributed by atoms with E-state index in [4.69, 9.17) is 9.47 Å². The topological polar surface area (TPSA) is 47.6 Å². The first kappa shape index (κ1) is 21.3. The van der Waals surface area contributed by atoms with Crippen molar-refractivity contribution in [2.75, 3.05) is 18.5 Å². The van der Waals surface area contributed by atoms with E-state index in [0.29, 0.717) is 24.5 Å². The molecule has 4 nitrogen and oxygen atoms in total. The van der Waals surface area contributed by atoms with E-state index in [9.17, 15) is 4.79 Å². The Balaban J connectivity index is 2.00. The van der Waals surface area contributed by atoms with E-state index in [1.165, 1.54) is 12.8 Å². The maximum atomic E-state index is 12.7. The van der Waals surface area contributed by atoms with Crippen molar-refractivity contribution in [1.29, 1.82) is 0 Å². The molecule has 0 aliphatic rings.